The van der Waals surface area contributed by atoms with Gasteiger partial charge in [-0.3, -0.25) is 0 Å². The van der Waals surface area contributed by atoms with Gasteiger partial charge in [0.25, 0.3) is 5.89 Å². The van der Waals surface area contributed by atoms with E-state index in [1.54, 1.807) is 12.1 Å². The van der Waals surface area contributed by atoms with E-state index in [-0.39, 0.29) is 0 Å². The Hall–Kier alpha value is -1.33. The maximum Gasteiger partial charge on any atom is 0.293 e. The molecule has 0 fully saturated rings. The van der Waals surface area contributed by atoms with E-state index >= 15 is 0 Å². The van der Waals surface area contributed by atoms with Crippen LogP contribution in [-0.2, 0) is 6.42 Å². The van der Waals surface area contributed by atoms with Crippen molar-refractivity contribution in [3.8, 4) is 11.7 Å². The Morgan fingerprint density at radius 2 is 2.29 bits per heavy atom. The van der Waals surface area contributed by atoms with E-state index in [1.807, 2.05) is 0 Å². The van der Waals surface area contributed by atoms with Crippen LogP contribution >= 0.6 is 11.6 Å². The summed E-state index contributed by atoms with van der Waals surface area (Å²) >= 11 is 5.60. The standard InChI is InChI=1S/C8H8ClN3O2/c9-6-2-1-5(13-6)8-11-7(3-4-10)12-14-8/h1-2H,3-4,10H2. The smallest absolute Gasteiger partial charge is 0.293 e. The molecule has 2 aromatic rings. The number of nitrogens with zero attached hydrogens (tertiary/aromatic N) is 2. The van der Waals surface area contributed by atoms with Crippen molar-refractivity contribution >= 4 is 11.6 Å². The third kappa shape index (κ3) is 1.78. The van der Waals surface area contributed by atoms with Crippen LogP contribution in [0, 0.1) is 0 Å². The first-order valence-corrected chi connectivity index (χ1v) is 4.46. The van der Waals surface area contributed by atoms with Gasteiger partial charge in [-0.2, -0.15) is 4.98 Å². The van der Waals surface area contributed by atoms with Gasteiger partial charge < -0.3 is 14.7 Å². The lowest BCUT2D eigenvalue weighted by Gasteiger charge is -1.84. The summed E-state index contributed by atoms with van der Waals surface area (Å²) in [4.78, 5) is 4.07. The molecule has 0 saturated heterocycles. The summed E-state index contributed by atoms with van der Waals surface area (Å²) in [7, 11) is 0. The minimum absolute atomic E-state index is 0.290. The summed E-state index contributed by atoms with van der Waals surface area (Å²) < 4.78 is 10.0. The third-order valence-corrected chi connectivity index (χ3v) is 1.82. The van der Waals surface area contributed by atoms with Crippen molar-refractivity contribution in [3.05, 3.63) is 23.2 Å². The lowest BCUT2D eigenvalue weighted by Crippen LogP contribution is -2.03. The van der Waals surface area contributed by atoms with Gasteiger partial charge in [0.2, 0.25) is 0 Å². The number of rotatable bonds is 3. The van der Waals surface area contributed by atoms with Gasteiger partial charge in [0.1, 0.15) is 0 Å². The molecule has 0 amide bonds. The van der Waals surface area contributed by atoms with E-state index in [0.29, 0.717) is 35.7 Å². The molecule has 0 aromatic carbocycles. The summed E-state index contributed by atoms with van der Waals surface area (Å²) in [6.07, 6.45) is 0.581. The molecular weight excluding hydrogens is 206 g/mol. The Balaban J connectivity index is 2.24. The molecule has 0 atom stereocenters. The van der Waals surface area contributed by atoms with Gasteiger partial charge in [0.15, 0.2) is 16.8 Å². The van der Waals surface area contributed by atoms with E-state index < -0.39 is 0 Å². The minimum Gasteiger partial charge on any atom is -0.440 e. The number of aromatic nitrogens is 2. The van der Waals surface area contributed by atoms with E-state index in [1.165, 1.54) is 0 Å². The molecule has 2 aromatic heterocycles. The number of furan rings is 1. The Bertz CT molecular complexity index is 424. The first-order chi connectivity index (χ1) is 6.79. The SMILES string of the molecule is NCCc1noc(-c2ccc(Cl)o2)n1. The zero-order chi connectivity index (χ0) is 9.97. The van der Waals surface area contributed by atoms with Crippen molar-refractivity contribution in [2.45, 2.75) is 6.42 Å². The summed E-state index contributed by atoms with van der Waals surface area (Å²) in [5.74, 6) is 1.35. The van der Waals surface area contributed by atoms with Crippen molar-refractivity contribution in [1.82, 2.24) is 10.1 Å². The van der Waals surface area contributed by atoms with Gasteiger partial charge in [0.05, 0.1) is 0 Å². The Labute approximate surface area is 84.8 Å². The number of nitrogens with two attached hydrogens (primary N) is 1. The van der Waals surface area contributed by atoms with Crippen molar-refractivity contribution in [1.29, 1.82) is 0 Å². The summed E-state index contributed by atoms with van der Waals surface area (Å²) in [6.45, 7) is 0.484. The molecule has 0 bridgehead atoms. The predicted molar refractivity (Wildman–Crippen MR) is 49.8 cm³/mol. The van der Waals surface area contributed by atoms with Gasteiger partial charge in [-0.25, -0.2) is 0 Å². The van der Waals surface area contributed by atoms with E-state index in [0.717, 1.165) is 0 Å². The second-order valence-corrected chi connectivity index (χ2v) is 3.03. The molecule has 0 radical (unpaired) electrons. The normalized spacial score (nSPS) is 10.7. The van der Waals surface area contributed by atoms with Crippen LogP contribution in [0.2, 0.25) is 5.22 Å². The molecule has 0 spiro atoms. The maximum absolute atomic E-state index is 5.60. The molecule has 0 aliphatic heterocycles. The summed E-state index contributed by atoms with van der Waals surface area (Å²) in [6, 6.07) is 3.28. The third-order valence-electron chi connectivity index (χ3n) is 1.62. The van der Waals surface area contributed by atoms with Crippen LogP contribution in [0.1, 0.15) is 5.82 Å². The number of halogens is 1. The highest BCUT2D eigenvalue weighted by Crippen LogP contribution is 2.22. The van der Waals surface area contributed by atoms with Crippen molar-refractivity contribution in [3.63, 3.8) is 0 Å². The fraction of sp³-hybridized carbons (Fsp3) is 0.250. The highest BCUT2D eigenvalue weighted by molar-refractivity contribution is 6.28. The molecule has 74 valence electrons. The molecule has 2 heterocycles. The van der Waals surface area contributed by atoms with Crippen LogP contribution in [0.3, 0.4) is 0 Å². The Kier molecular flexibility index (Phi) is 2.51. The Morgan fingerprint density at radius 3 is 2.93 bits per heavy atom. The van der Waals surface area contributed by atoms with Gasteiger partial charge in [-0.05, 0) is 30.3 Å². The fourth-order valence-corrected chi connectivity index (χ4v) is 1.16. The summed E-state index contributed by atoms with van der Waals surface area (Å²) in [5, 5.41) is 4.01. The van der Waals surface area contributed by atoms with E-state index in [4.69, 9.17) is 26.3 Å². The quantitative estimate of drug-likeness (QED) is 0.836. The fourth-order valence-electron chi connectivity index (χ4n) is 1.01. The molecular formula is C8H8ClN3O2. The highest BCUT2D eigenvalue weighted by atomic mass is 35.5. The van der Waals surface area contributed by atoms with Gasteiger partial charge in [-0.1, -0.05) is 5.16 Å². The zero-order valence-corrected chi connectivity index (χ0v) is 7.99. The number of hydrogen-bond acceptors (Lipinski definition) is 5. The molecule has 2 rings (SSSR count). The van der Waals surface area contributed by atoms with Crippen LogP contribution in [0.15, 0.2) is 21.1 Å². The van der Waals surface area contributed by atoms with Crippen molar-refractivity contribution in [2.75, 3.05) is 6.54 Å². The lowest BCUT2D eigenvalue weighted by molar-refractivity contribution is 0.409. The molecule has 0 unspecified atom stereocenters. The molecule has 0 aliphatic carbocycles. The van der Waals surface area contributed by atoms with Crippen LogP contribution in [0.4, 0.5) is 0 Å². The van der Waals surface area contributed by atoms with E-state index in [9.17, 15) is 0 Å². The van der Waals surface area contributed by atoms with Crippen LogP contribution in [-0.4, -0.2) is 16.7 Å². The maximum atomic E-state index is 5.60. The van der Waals surface area contributed by atoms with Crippen LogP contribution in [0.25, 0.3) is 11.7 Å². The molecule has 2 N–H and O–H groups in total. The second-order valence-electron chi connectivity index (χ2n) is 2.66. The van der Waals surface area contributed by atoms with Gasteiger partial charge >= 0.3 is 0 Å². The zero-order valence-electron chi connectivity index (χ0n) is 7.24. The first-order valence-electron chi connectivity index (χ1n) is 4.08. The monoisotopic (exact) mass is 213 g/mol. The van der Waals surface area contributed by atoms with Gasteiger partial charge in [-0.15, -0.1) is 0 Å². The van der Waals surface area contributed by atoms with Crippen molar-refractivity contribution in [2.24, 2.45) is 5.73 Å². The highest BCUT2D eigenvalue weighted by Gasteiger charge is 2.11. The molecule has 14 heavy (non-hydrogen) atoms. The molecule has 5 nitrogen and oxygen atoms in total. The average molecular weight is 214 g/mol. The topological polar surface area (TPSA) is 78.1 Å². The van der Waals surface area contributed by atoms with Gasteiger partial charge in [0, 0.05) is 6.42 Å². The predicted octanol–water partition coefficient (Wildman–Crippen LogP) is 1.48. The minimum atomic E-state index is 0.290. The van der Waals surface area contributed by atoms with E-state index in [2.05, 4.69) is 10.1 Å². The largest absolute Gasteiger partial charge is 0.440 e. The Morgan fingerprint density at radius 1 is 1.43 bits per heavy atom. The van der Waals surface area contributed by atoms with Crippen LogP contribution in [0.5, 0.6) is 0 Å². The lowest BCUT2D eigenvalue weighted by atomic mass is 10.4. The molecule has 6 heteroatoms. The molecule has 0 saturated carbocycles. The second kappa shape index (κ2) is 3.81. The first kappa shape index (κ1) is 9.23. The van der Waals surface area contributed by atoms with Crippen molar-refractivity contribution < 1.29 is 8.94 Å². The number of hydrogen-bond donors (Lipinski definition) is 1. The van der Waals surface area contributed by atoms with Crippen LogP contribution < -0.4 is 5.73 Å². The molecule has 0 aliphatic rings. The average Bonchev–Trinajstić information content (AvgIpc) is 2.74. The summed E-state index contributed by atoms with van der Waals surface area (Å²) in [5.41, 5.74) is 5.35.